The minimum Gasteiger partial charge on any atom is -0.461 e. The lowest BCUT2D eigenvalue weighted by Gasteiger charge is -2.04. The largest absolute Gasteiger partial charge is 0.461 e. The van der Waals surface area contributed by atoms with Crippen molar-refractivity contribution < 1.29 is 9.53 Å². The number of carbonyl (C=O) groups excluding carboxylic acids is 1. The molecule has 5 heteroatoms. The molecule has 0 radical (unpaired) electrons. The molecule has 0 aliphatic heterocycles. The van der Waals surface area contributed by atoms with Crippen LogP contribution in [0.15, 0.2) is 12.4 Å². The number of nitrogens with two attached hydrogens (primary N) is 1. The Balaban J connectivity index is 1.86. The first kappa shape index (κ1) is 9.89. The first-order valence-electron chi connectivity index (χ1n) is 5.01. The van der Waals surface area contributed by atoms with E-state index in [1.54, 1.807) is 0 Å². The lowest BCUT2D eigenvalue weighted by molar-refractivity contribution is 0.0489. The number of aromatic nitrogens is 2. The topological polar surface area (TPSA) is 78.1 Å². The second-order valence-electron chi connectivity index (χ2n) is 3.66. The highest BCUT2D eigenvalue weighted by Gasteiger charge is 2.22. The highest BCUT2D eigenvalue weighted by Crippen LogP contribution is 2.32. The summed E-state index contributed by atoms with van der Waals surface area (Å²) in [7, 11) is 0. The quantitative estimate of drug-likeness (QED) is 0.745. The molecule has 0 unspecified atom stereocenters. The third-order valence-corrected chi connectivity index (χ3v) is 2.38. The lowest BCUT2D eigenvalue weighted by Crippen LogP contribution is -2.12. The summed E-state index contributed by atoms with van der Waals surface area (Å²) in [4.78, 5) is 19.1. The van der Waals surface area contributed by atoms with Gasteiger partial charge in [0.1, 0.15) is 0 Å². The highest BCUT2D eigenvalue weighted by molar-refractivity contribution is 5.91. The zero-order valence-electron chi connectivity index (χ0n) is 8.35. The molecule has 0 spiro atoms. The number of rotatable bonds is 4. The summed E-state index contributed by atoms with van der Waals surface area (Å²) in [5.74, 6) is 0.382. The van der Waals surface area contributed by atoms with Crippen LogP contribution in [0.5, 0.6) is 0 Å². The number of hydrogen-bond acceptors (Lipinski definition) is 5. The maximum atomic E-state index is 11.5. The van der Waals surface area contributed by atoms with Gasteiger partial charge < -0.3 is 10.5 Å². The van der Waals surface area contributed by atoms with Gasteiger partial charge in [0.25, 0.3) is 0 Å². The molecule has 2 rings (SSSR count). The van der Waals surface area contributed by atoms with Gasteiger partial charge in [-0.15, -0.1) is 0 Å². The Morgan fingerprint density at radius 2 is 2.20 bits per heavy atom. The van der Waals surface area contributed by atoms with E-state index in [0.717, 1.165) is 12.3 Å². The van der Waals surface area contributed by atoms with Gasteiger partial charge in [-0.05, 0) is 12.3 Å². The molecule has 0 atom stereocenters. The van der Waals surface area contributed by atoms with Crippen LogP contribution in [-0.4, -0.2) is 22.5 Å². The van der Waals surface area contributed by atoms with E-state index in [1.165, 1.54) is 25.2 Å². The van der Waals surface area contributed by atoms with Crippen LogP contribution in [0.25, 0.3) is 0 Å². The molecule has 0 amide bonds. The van der Waals surface area contributed by atoms with Crippen molar-refractivity contribution in [3.63, 3.8) is 0 Å². The molecule has 1 aliphatic rings. The summed E-state index contributed by atoms with van der Waals surface area (Å²) >= 11 is 0. The van der Waals surface area contributed by atoms with Crippen LogP contribution < -0.4 is 5.73 Å². The van der Waals surface area contributed by atoms with Crippen LogP contribution in [0, 0.1) is 5.92 Å². The lowest BCUT2D eigenvalue weighted by atomic mass is 10.3. The van der Waals surface area contributed by atoms with Crippen molar-refractivity contribution in [3.05, 3.63) is 18.1 Å². The monoisotopic (exact) mass is 207 g/mol. The van der Waals surface area contributed by atoms with Gasteiger partial charge in [-0.25, -0.2) is 14.8 Å². The molecule has 1 heterocycles. The first-order chi connectivity index (χ1) is 7.27. The summed E-state index contributed by atoms with van der Waals surface area (Å²) in [6.07, 6.45) is 6.31. The summed E-state index contributed by atoms with van der Waals surface area (Å²) in [6.45, 7) is 0.444. The molecular weight excluding hydrogens is 194 g/mol. The average Bonchev–Trinajstić information content (AvgIpc) is 3.02. The molecule has 1 aromatic rings. The van der Waals surface area contributed by atoms with Crippen molar-refractivity contribution in [2.75, 3.05) is 12.3 Å². The van der Waals surface area contributed by atoms with Crippen molar-refractivity contribution in [2.24, 2.45) is 5.92 Å². The van der Waals surface area contributed by atoms with Crippen molar-refractivity contribution in [2.45, 2.75) is 19.3 Å². The summed E-state index contributed by atoms with van der Waals surface area (Å²) in [5, 5.41) is 0. The minimum absolute atomic E-state index is 0.105. The Labute approximate surface area is 87.7 Å². The van der Waals surface area contributed by atoms with Crippen LogP contribution in [0.1, 0.15) is 29.8 Å². The van der Waals surface area contributed by atoms with E-state index in [1.807, 2.05) is 0 Å². The number of esters is 1. The molecule has 2 N–H and O–H groups in total. The molecule has 1 fully saturated rings. The molecule has 80 valence electrons. The van der Waals surface area contributed by atoms with Crippen LogP contribution in [0.3, 0.4) is 0 Å². The molecule has 0 bridgehead atoms. The molecule has 1 aromatic heterocycles. The number of nitrogens with zero attached hydrogens (tertiary/aromatic N) is 2. The van der Waals surface area contributed by atoms with Gasteiger partial charge in [-0.3, -0.25) is 0 Å². The normalized spacial score (nSPS) is 14.9. The summed E-state index contributed by atoms with van der Waals surface area (Å²) in [6, 6.07) is 0. The number of hydrogen-bond donors (Lipinski definition) is 1. The van der Waals surface area contributed by atoms with E-state index in [9.17, 15) is 4.79 Å². The van der Waals surface area contributed by atoms with Crippen molar-refractivity contribution in [1.82, 2.24) is 9.97 Å². The fourth-order valence-electron chi connectivity index (χ4n) is 1.30. The Morgan fingerprint density at radius 1 is 1.47 bits per heavy atom. The minimum atomic E-state index is -0.485. The van der Waals surface area contributed by atoms with Gasteiger partial charge in [-0.1, -0.05) is 12.8 Å². The number of anilines is 1. The van der Waals surface area contributed by atoms with Crippen LogP contribution in [-0.2, 0) is 4.74 Å². The number of ether oxygens (including phenoxy) is 1. The van der Waals surface area contributed by atoms with Crippen molar-refractivity contribution in [1.29, 1.82) is 0 Å². The van der Waals surface area contributed by atoms with Gasteiger partial charge in [0.15, 0.2) is 11.5 Å². The van der Waals surface area contributed by atoms with E-state index >= 15 is 0 Å². The van der Waals surface area contributed by atoms with Crippen LogP contribution >= 0.6 is 0 Å². The van der Waals surface area contributed by atoms with Crippen LogP contribution in [0.2, 0.25) is 0 Å². The molecule has 5 nitrogen and oxygen atoms in total. The summed E-state index contributed by atoms with van der Waals surface area (Å²) < 4.78 is 5.04. The molecule has 0 saturated heterocycles. The Morgan fingerprint density at radius 3 is 2.87 bits per heavy atom. The fraction of sp³-hybridized carbons (Fsp3) is 0.500. The average molecular weight is 207 g/mol. The smallest absolute Gasteiger partial charge is 0.360 e. The maximum Gasteiger partial charge on any atom is 0.360 e. The third-order valence-electron chi connectivity index (χ3n) is 2.38. The molecule has 0 aromatic carbocycles. The second-order valence-corrected chi connectivity index (χ2v) is 3.66. The van der Waals surface area contributed by atoms with E-state index in [2.05, 4.69) is 9.97 Å². The second kappa shape index (κ2) is 4.25. The van der Waals surface area contributed by atoms with Gasteiger partial charge in [-0.2, -0.15) is 0 Å². The van der Waals surface area contributed by atoms with Crippen molar-refractivity contribution in [3.8, 4) is 0 Å². The standard InChI is InChI=1S/C10H13N3O2/c11-9-8(12-4-5-13-9)10(14)15-6-3-7-1-2-7/h4-5,7H,1-3,6H2,(H2,11,13). The highest BCUT2D eigenvalue weighted by atomic mass is 16.5. The van der Waals surface area contributed by atoms with E-state index in [4.69, 9.17) is 10.5 Å². The van der Waals surface area contributed by atoms with E-state index < -0.39 is 5.97 Å². The zero-order chi connectivity index (χ0) is 10.7. The Kier molecular flexibility index (Phi) is 2.80. The molecule has 15 heavy (non-hydrogen) atoms. The third kappa shape index (κ3) is 2.65. The molecular formula is C10H13N3O2. The van der Waals surface area contributed by atoms with Crippen molar-refractivity contribution >= 4 is 11.8 Å². The predicted molar refractivity (Wildman–Crippen MR) is 54.1 cm³/mol. The van der Waals surface area contributed by atoms with E-state index in [-0.39, 0.29) is 11.5 Å². The number of nitrogen functional groups attached to an aromatic ring is 1. The summed E-state index contributed by atoms with van der Waals surface area (Å²) in [5.41, 5.74) is 5.60. The first-order valence-corrected chi connectivity index (χ1v) is 5.01. The SMILES string of the molecule is Nc1nccnc1C(=O)OCCC1CC1. The number of carbonyl (C=O) groups is 1. The molecule has 1 aliphatic carbocycles. The maximum absolute atomic E-state index is 11.5. The van der Waals surface area contributed by atoms with Crippen LogP contribution in [0.4, 0.5) is 5.82 Å². The van der Waals surface area contributed by atoms with Gasteiger partial charge >= 0.3 is 5.97 Å². The zero-order valence-corrected chi connectivity index (χ0v) is 8.35. The predicted octanol–water partition coefficient (Wildman–Crippen LogP) is 1.02. The van der Waals surface area contributed by atoms with E-state index in [0.29, 0.717) is 6.61 Å². The van der Waals surface area contributed by atoms with Gasteiger partial charge in [0.2, 0.25) is 0 Å². The fourth-order valence-corrected chi connectivity index (χ4v) is 1.30. The van der Waals surface area contributed by atoms with Gasteiger partial charge in [0.05, 0.1) is 6.61 Å². The van der Waals surface area contributed by atoms with Gasteiger partial charge in [0, 0.05) is 12.4 Å². The Hall–Kier alpha value is -1.65. The Bertz CT molecular complexity index is 363. The molecule has 1 saturated carbocycles.